The largest absolute Gasteiger partial charge is 0.465 e. The summed E-state index contributed by atoms with van der Waals surface area (Å²) >= 11 is 4.33. The lowest BCUT2D eigenvalue weighted by Crippen LogP contribution is -2.42. The molecule has 0 spiro atoms. The van der Waals surface area contributed by atoms with Crippen LogP contribution >= 0.6 is 27.3 Å². The van der Waals surface area contributed by atoms with Gasteiger partial charge in [0.1, 0.15) is 16.8 Å². The summed E-state index contributed by atoms with van der Waals surface area (Å²) < 4.78 is 13.8. The van der Waals surface area contributed by atoms with Crippen LogP contribution in [0.1, 0.15) is 6.42 Å². The van der Waals surface area contributed by atoms with Crippen molar-refractivity contribution >= 4 is 44.4 Å². The maximum absolute atomic E-state index is 13.2. The van der Waals surface area contributed by atoms with Crippen molar-refractivity contribution in [1.29, 1.82) is 0 Å². The zero-order valence-corrected chi connectivity index (χ0v) is 11.4. The van der Waals surface area contributed by atoms with Crippen molar-refractivity contribution in [2.24, 2.45) is 0 Å². The number of likely N-dealkylation sites (tertiary alicyclic amines) is 1. The van der Waals surface area contributed by atoms with E-state index < -0.39 is 24.2 Å². The number of hydrogen-bond acceptors (Lipinski definition) is 4. The Hall–Kier alpha value is -1.22. The van der Waals surface area contributed by atoms with Gasteiger partial charge in [-0.1, -0.05) is 0 Å². The van der Waals surface area contributed by atoms with Crippen molar-refractivity contribution in [3.8, 4) is 0 Å². The lowest BCUT2D eigenvalue weighted by Gasteiger charge is -2.19. The minimum Gasteiger partial charge on any atom is -0.465 e. The highest BCUT2D eigenvalue weighted by Crippen LogP contribution is 2.24. The van der Waals surface area contributed by atoms with Crippen LogP contribution in [0.25, 0.3) is 0 Å². The fourth-order valence-corrected chi connectivity index (χ4v) is 2.89. The first-order chi connectivity index (χ1) is 8.47. The third-order valence-electron chi connectivity index (χ3n) is 2.50. The summed E-state index contributed by atoms with van der Waals surface area (Å²) in [7, 11) is 0. The van der Waals surface area contributed by atoms with E-state index in [1.54, 1.807) is 5.38 Å². The van der Waals surface area contributed by atoms with Gasteiger partial charge in [-0.15, -0.1) is 11.3 Å². The molecule has 1 saturated heterocycles. The molecule has 2 N–H and O–H groups in total. The molecule has 2 atom stereocenters. The second-order valence-corrected chi connectivity index (χ2v) is 5.42. The first-order valence-electron chi connectivity index (χ1n) is 5.03. The van der Waals surface area contributed by atoms with Crippen LogP contribution in [-0.2, 0) is 4.79 Å². The number of amides is 2. The van der Waals surface area contributed by atoms with Gasteiger partial charge in [0.15, 0.2) is 5.13 Å². The van der Waals surface area contributed by atoms with E-state index in [0.29, 0.717) is 9.73 Å². The summed E-state index contributed by atoms with van der Waals surface area (Å²) in [5.41, 5.74) is 0. The zero-order valence-electron chi connectivity index (χ0n) is 8.97. The number of nitrogens with zero attached hydrogens (tertiary/aromatic N) is 2. The summed E-state index contributed by atoms with van der Waals surface area (Å²) in [5, 5.41) is 13.4. The lowest BCUT2D eigenvalue weighted by molar-refractivity contribution is -0.119. The van der Waals surface area contributed by atoms with Crippen molar-refractivity contribution in [2.75, 3.05) is 11.9 Å². The Labute approximate surface area is 114 Å². The molecule has 2 amide bonds. The van der Waals surface area contributed by atoms with Crippen LogP contribution in [0, 0.1) is 0 Å². The smallest absolute Gasteiger partial charge is 0.408 e. The van der Waals surface area contributed by atoms with E-state index in [1.165, 1.54) is 11.3 Å². The number of aromatic nitrogens is 1. The van der Waals surface area contributed by atoms with Crippen LogP contribution in [0.15, 0.2) is 9.98 Å². The van der Waals surface area contributed by atoms with E-state index in [0.717, 1.165) is 4.90 Å². The molecular weight excluding hydrogens is 329 g/mol. The molecular formula is C9H9BrFN3O3S. The number of carbonyl (C=O) groups excluding carboxylic acids is 1. The Kier molecular flexibility index (Phi) is 3.81. The van der Waals surface area contributed by atoms with E-state index in [1.807, 2.05) is 0 Å². The third-order valence-corrected chi connectivity index (χ3v) is 3.97. The molecule has 2 heterocycles. The quantitative estimate of drug-likeness (QED) is 0.863. The Morgan fingerprint density at radius 3 is 2.94 bits per heavy atom. The predicted molar refractivity (Wildman–Crippen MR) is 66.5 cm³/mol. The molecule has 98 valence electrons. The molecule has 2 rings (SSSR count). The van der Waals surface area contributed by atoms with E-state index in [4.69, 9.17) is 5.11 Å². The van der Waals surface area contributed by atoms with Gasteiger partial charge in [0.05, 0.1) is 6.54 Å². The fraction of sp³-hybridized carbons (Fsp3) is 0.444. The summed E-state index contributed by atoms with van der Waals surface area (Å²) in [6.07, 6.45) is -2.72. The molecule has 1 aliphatic rings. The van der Waals surface area contributed by atoms with Gasteiger partial charge >= 0.3 is 6.09 Å². The molecule has 1 aromatic rings. The molecule has 9 heteroatoms. The van der Waals surface area contributed by atoms with E-state index in [-0.39, 0.29) is 13.0 Å². The molecule has 0 radical (unpaired) electrons. The van der Waals surface area contributed by atoms with Gasteiger partial charge in [-0.25, -0.2) is 14.2 Å². The Morgan fingerprint density at radius 2 is 2.39 bits per heavy atom. The Bertz CT molecular complexity index is 483. The van der Waals surface area contributed by atoms with Crippen LogP contribution in [0.5, 0.6) is 0 Å². The van der Waals surface area contributed by atoms with Gasteiger partial charge in [0, 0.05) is 11.8 Å². The predicted octanol–water partition coefficient (Wildman–Crippen LogP) is 1.93. The molecule has 0 aliphatic carbocycles. The summed E-state index contributed by atoms with van der Waals surface area (Å²) in [4.78, 5) is 27.5. The van der Waals surface area contributed by atoms with Crippen LogP contribution in [0.2, 0.25) is 0 Å². The van der Waals surface area contributed by atoms with E-state index in [2.05, 4.69) is 26.2 Å². The molecule has 1 aromatic heterocycles. The molecule has 0 saturated carbocycles. The molecule has 6 nitrogen and oxygen atoms in total. The molecule has 0 bridgehead atoms. The van der Waals surface area contributed by atoms with Crippen LogP contribution in [0.4, 0.5) is 14.3 Å². The van der Waals surface area contributed by atoms with E-state index >= 15 is 0 Å². The van der Waals surface area contributed by atoms with Gasteiger partial charge in [-0.3, -0.25) is 9.69 Å². The maximum atomic E-state index is 13.2. The molecule has 0 aromatic carbocycles. The second kappa shape index (κ2) is 5.19. The number of rotatable bonds is 2. The number of anilines is 1. The summed E-state index contributed by atoms with van der Waals surface area (Å²) in [5.74, 6) is -0.556. The number of hydrogen-bond donors (Lipinski definition) is 2. The monoisotopic (exact) mass is 337 g/mol. The highest BCUT2D eigenvalue weighted by molar-refractivity contribution is 9.10. The highest BCUT2D eigenvalue weighted by Gasteiger charge is 2.40. The second-order valence-electron chi connectivity index (χ2n) is 3.75. The molecule has 0 unspecified atom stereocenters. The van der Waals surface area contributed by atoms with Gasteiger partial charge in [-0.2, -0.15) is 0 Å². The standard InChI is InChI=1S/C9H9BrFN3O3S/c10-6-3-18-8(12-6)13-7(15)5-1-4(11)2-14(5)9(16)17/h3-5H,1-2H2,(H,16,17)(H,12,13,15)/t4-,5+/m1/s1. The minimum atomic E-state index is -1.31. The first-order valence-corrected chi connectivity index (χ1v) is 6.70. The number of carboxylic acid groups (broad SMARTS) is 1. The van der Waals surface area contributed by atoms with Crippen molar-refractivity contribution in [3.63, 3.8) is 0 Å². The first kappa shape index (κ1) is 13.2. The molecule has 1 fully saturated rings. The van der Waals surface area contributed by atoms with Crippen molar-refractivity contribution in [3.05, 3.63) is 9.98 Å². The topological polar surface area (TPSA) is 82.5 Å². The van der Waals surface area contributed by atoms with Crippen LogP contribution in [-0.4, -0.2) is 45.7 Å². The highest BCUT2D eigenvalue weighted by atomic mass is 79.9. The van der Waals surface area contributed by atoms with Crippen LogP contribution in [0.3, 0.4) is 0 Å². The van der Waals surface area contributed by atoms with Gasteiger partial charge in [-0.05, 0) is 15.9 Å². The third kappa shape index (κ3) is 2.78. The van der Waals surface area contributed by atoms with Crippen molar-refractivity contribution in [1.82, 2.24) is 9.88 Å². The number of carbonyl (C=O) groups is 2. The maximum Gasteiger partial charge on any atom is 0.408 e. The number of nitrogens with one attached hydrogen (secondary N) is 1. The average Bonchev–Trinajstić information content (AvgIpc) is 2.85. The van der Waals surface area contributed by atoms with Gasteiger partial charge in [0.2, 0.25) is 5.91 Å². The van der Waals surface area contributed by atoms with Gasteiger partial charge < -0.3 is 10.4 Å². The van der Waals surface area contributed by atoms with E-state index in [9.17, 15) is 14.0 Å². The zero-order chi connectivity index (χ0) is 13.3. The normalized spacial score (nSPS) is 23.1. The number of thiazole rings is 1. The summed E-state index contributed by atoms with van der Waals surface area (Å²) in [6.45, 7) is -0.269. The van der Waals surface area contributed by atoms with Crippen molar-refractivity contribution in [2.45, 2.75) is 18.6 Å². The fourth-order valence-electron chi connectivity index (χ4n) is 1.74. The minimum absolute atomic E-state index is 0.120. The SMILES string of the molecule is O=C(Nc1nc(Br)cs1)[C@@H]1C[C@@H](F)CN1C(=O)O. The van der Waals surface area contributed by atoms with Crippen LogP contribution < -0.4 is 5.32 Å². The molecule has 1 aliphatic heterocycles. The Balaban J connectivity index is 2.06. The Morgan fingerprint density at radius 1 is 1.67 bits per heavy atom. The number of alkyl halides is 1. The average molecular weight is 338 g/mol. The van der Waals surface area contributed by atoms with Crippen molar-refractivity contribution < 1.29 is 19.1 Å². The number of halogens is 2. The summed E-state index contributed by atoms with van der Waals surface area (Å²) in [6, 6.07) is -1.000. The van der Waals surface area contributed by atoms with Gasteiger partial charge in [0.25, 0.3) is 0 Å². The lowest BCUT2D eigenvalue weighted by atomic mass is 10.2. The molecule has 18 heavy (non-hydrogen) atoms.